The second kappa shape index (κ2) is 10.0. The summed E-state index contributed by atoms with van der Waals surface area (Å²) in [6, 6.07) is 0. The second-order valence-corrected chi connectivity index (χ2v) is 10.8. The molecule has 0 spiro atoms. The minimum absolute atomic E-state index is 0.119. The van der Waals surface area contributed by atoms with Gasteiger partial charge in [0.25, 0.3) is 0 Å². The molecule has 0 radical (unpaired) electrons. The van der Waals surface area contributed by atoms with Crippen LogP contribution in [0.4, 0.5) is 9.59 Å². The summed E-state index contributed by atoms with van der Waals surface area (Å²) in [5.74, 6) is 1.30. The molecule has 0 aliphatic heterocycles. The van der Waals surface area contributed by atoms with Crippen molar-refractivity contribution in [2.45, 2.75) is 105 Å². The van der Waals surface area contributed by atoms with Crippen molar-refractivity contribution >= 4 is 12.3 Å². The van der Waals surface area contributed by atoms with Crippen LogP contribution in [0.3, 0.4) is 0 Å². The molecular formula is C23H40O6. The molecule has 2 saturated carbocycles. The second-order valence-electron chi connectivity index (χ2n) is 10.8. The fourth-order valence-electron chi connectivity index (χ4n) is 4.56. The Labute approximate surface area is 176 Å². The van der Waals surface area contributed by atoms with Crippen LogP contribution in [0, 0.1) is 22.7 Å². The number of ether oxygens (including phenoxy) is 4. The zero-order chi connectivity index (χ0) is 21.7. The van der Waals surface area contributed by atoms with Gasteiger partial charge in [-0.1, -0.05) is 41.5 Å². The van der Waals surface area contributed by atoms with E-state index < -0.39 is 19.1 Å². The molecular weight excluding hydrogens is 372 g/mol. The Kier molecular flexibility index (Phi) is 8.24. The number of carbonyl (C=O) groups excluding carboxylic acids is 2. The first-order valence-electron chi connectivity index (χ1n) is 11.1. The summed E-state index contributed by atoms with van der Waals surface area (Å²) in [7, 11) is 0. The number of hydrogen-bond donors (Lipinski definition) is 0. The third kappa shape index (κ3) is 8.06. The van der Waals surface area contributed by atoms with Gasteiger partial charge in [-0.3, -0.25) is 0 Å². The van der Waals surface area contributed by atoms with E-state index in [2.05, 4.69) is 41.5 Å². The van der Waals surface area contributed by atoms with Crippen LogP contribution in [0.15, 0.2) is 0 Å². The molecule has 2 rings (SSSR count). The van der Waals surface area contributed by atoms with E-state index in [9.17, 15) is 9.59 Å². The van der Waals surface area contributed by atoms with Gasteiger partial charge in [0.05, 0.1) is 0 Å². The van der Waals surface area contributed by atoms with Crippen molar-refractivity contribution in [3.63, 3.8) is 0 Å². The van der Waals surface area contributed by atoms with Gasteiger partial charge in [0.1, 0.15) is 12.2 Å². The monoisotopic (exact) mass is 412 g/mol. The molecule has 2 aliphatic carbocycles. The van der Waals surface area contributed by atoms with Crippen molar-refractivity contribution in [1.29, 1.82) is 0 Å². The van der Waals surface area contributed by atoms with Gasteiger partial charge < -0.3 is 18.9 Å². The van der Waals surface area contributed by atoms with E-state index in [-0.39, 0.29) is 23.0 Å². The highest BCUT2D eigenvalue weighted by molar-refractivity contribution is 5.62. The Hall–Kier alpha value is -1.46. The minimum Gasteiger partial charge on any atom is -0.431 e. The van der Waals surface area contributed by atoms with Gasteiger partial charge >= 0.3 is 12.3 Å². The third-order valence-corrected chi connectivity index (χ3v) is 6.68. The topological polar surface area (TPSA) is 71.1 Å². The molecule has 0 aromatic rings. The van der Waals surface area contributed by atoms with E-state index in [1.165, 1.54) is 0 Å². The first-order valence-corrected chi connectivity index (χ1v) is 11.1. The fraction of sp³-hybridized carbons (Fsp3) is 0.913. The molecule has 0 aromatic carbocycles. The maximum Gasteiger partial charge on any atom is 0.511 e. The lowest BCUT2D eigenvalue weighted by Crippen LogP contribution is -2.31. The molecule has 168 valence electrons. The number of rotatable bonds is 4. The highest BCUT2D eigenvalue weighted by Crippen LogP contribution is 2.39. The molecule has 6 nitrogen and oxygen atoms in total. The Morgan fingerprint density at radius 3 is 1.21 bits per heavy atom. The van der Waals surface area contributed by atoms with Crippen molar-refractivity contribution in [2.24, 2.45) is 22.7 Å². The molecule has 0 amide bonds. The summed E-state index contributed by atoms with van der Waals surface area (Å²) >= 11 is 0. The van der Waals surface area contributed by atoms with Gasteiger partial charge in [0.15, 0.2) is 0 Å². The third-order valence-electron chi connectivity index (χ3n) is 6.68. The molecule has 6 heteroatoms. The van der Waals surface area contributed by atoms with Crippen LogP contribution >= 0.6 is 0 Å². The van der Waals surface area contributed by atoms with Crippen LogP contribution in [-0.2, 0) is 18.9 Å². The summed E-state index contributed by atoms with van der Waals surface area (Å²) in [6.45, 7) is 13.0. The molecule has 0 aromatic heterocycles. The quantitative estimate of drug-likeness (QED) is 0.390. The van der Waals surface area contributed by atoms with Gasteiger partial charge in [-0.05, 0) is 74.0 Å². The van der Waals surface area contributed by atoms with Crippen LogP contribution < -0.4 is 0 Å². The van der Waals surface area contributed by atoms with E-state index in [0.717, 1.165) is 51.4 Å². The molecule has 0 saturated heterocycles. The molecule has 0 atom stereocenters. The average Bonchev–Trinajstić information content (AvgIpc) is 2.61. The SMILES string of the molecule is CC(C)(C)C1CCC(OC(=O)OCOC(=O)OC2CCC(C(C)(C)C)CC2)CC1. The predicted octanol–water partition coefficient (Wildman–Crippen LogP) is 6.46. The zero-order valence-electron chi connectivity index (χ0n) is 19.1. The molecule has 0 N–H and O–H groups in total. The van der Waals surface area contributed by atoms with E-state index in [1.54, 1.807) is 0 Å². The fourth-order valence-corrected chi connectivity index (χ4v) is 4.56. The van der Waals surface area contributed by atoms with Crippen LogP contribution in [0.1, 0.15) is 92.9 Å². The number of hydrogen-bond acceptors (Lipinski definition) is 6. The van der Waals surface area contributed by atoms with Crippen molar-refractivity contribution in [1.82, 2.24) is 0 Å². The van der Waals surface area contributed by atoms with Crippen LogP contribution in [0.25, 0.3) is 0 Å². The minimum atomic E-state index is -0.789. The lowest BCUT2D eigenvalue weighted by atomic mass is 9.72. The molecule has 0 bridgehead atoms. The summed E-state index contributed by atoms with van der Waals surface area (Å²) in [5, 5.41) is 0. The largest absolute Gasteiger partial charge is 0.511 e. The molecule has 29 heavy (non-hydrogen) atoms. The Morgan fingerprint density at radius 2 is 0.931 bits per heavy atom. The van der Waals surface area contributed by atoms with Crippen molar-refractivity contribution in [2.75, 3.05) is 6.79 Å². The van der Waals surface area contributed by atoms with Gasteiger partial charge in [-0.15, -0.1) is 0 Å². The first kappa shape index (κ1) is 23.8. The van der Waals surface area contributed by atoms with E-state index in [4.69, 9.17) is 18.9 Å². The van der Waals surface area contributed by atoms with Gasteiger partial charge in [-0.25, -0.2) is 9.59 Å². The Morgan fingerprint density at radius 1 is 0.621 bits per heavy atom. The summed E-state index contributed by atoms with van der Waals surface area (Å²) in [5.41, 5.74) is 0.567. The summed E-state index contributed by atoms with van der Waals surface area (Å²) < 4.78 is 20.4. The normalized spacial score (nSPS) is 28.3. The zero-order valence-corrected chi connectivity index (χ0v) is 19.1. The molecule has 2 aliphatic rings. The summed E-state index contributed by atoms with van der Waals surface area (Å²) in [4.78, 5) is 23.6. The van der Waals surface area contributed by atoms with E-state index in [0.29, 0.717) is 11.8 Å². The van der Waals surface area contributed by atoms with E-state index in [1.807, 2.05) is 0 Å². The average molecular weight is 413 g/mol. The maximum absolute atomic E-state index is 11.8. The smallest absolute Gasteiger partial charge is 0.431 e. The van der Waals surface area contributed by atoms with Crippen molar-refractivity contribution in [3.8, 4) is 0 Å². The van der Waals surface area contributed by atoms with E-state index >= 15 is 0 Å². The van der Waals surface area contributed by atoms with Crippen LogP contribution in [0.2, 0.25) is 0 Å². The number of carbonyl (C=O) groups is 2. The van der Waals surface area contributed by atoms with Gasteiger partial charge in [0.2, 0.25) is 6.79 Å². The standard InChI is InChI=1S/C23H40O6/c1-22(2,3)16-7-11-18(12-8-16)28-20(24)26-15-27-21(25)29-19-13-9-17(10-14-19)23(4,5)6/h16-19H,7-15H2,1-6H3. The predicted molar refractivity (Wildman–Crippen MR) is 110 cm³/mol. The molecule has 2 fully saturated rings. The van der Waals surface area contributed by atoms with Crippen LogP contribution in [0.5, 0.6) is 0 Å². The van der Waals surface area contributed by atoms with Gasteiger partial charge in [0, 0.05) is 0 Å². The first-order chi connectivity index (χ1) is 13.4. The van der Waals surface area contributed by atoms with Crippen LogP contribution in [-0.4, -0.2) is 31.3 Å². The van der Waals surface area contributed by atoms with Crippen molar-refractivity contribution < 1.29 is 28.5 Å². The van der Waals surface area contributed by atoms with Crippen molar-refractivity contribution in [3.05, 3.63) is 0 Å². The highest BCUT2D eigenvalue weighted by atomic mass is 16.8. The Bertz CT molecular complexity index is 481. The lowest BCUT2D eigenvalue weighted by Gasteiger charge is -2.36. The highest BCUT2D eigenvalue weighted by Gasteiger charge is 2.32. The lowest BCUT2D eigenvalue weighted by molar-refractivity contribution is -0.0663. The maximum atomic E-state index is 11.8. The summed E-state index contributed by atoms with van der Waals surface area (Å²) in [6.07, 6.45) is 5.73. The molecule has 0 heterocycles. The van der Waals surface area contributed by atoms with Gasteiger partial charge in [-0.2, -0.15) is 0 Å². The molecule has 0 unspecified atom stereocenters. The Balaban J connectivity index is 1.57.